The molecule has 0 aliphatic carbocycles. The van der Waals surface area contributed by atoms with Gasteiger partial charge in [-0.05, 0) is 18.2 Å². The van der Waals surface area contributed by atoms with Crippen LogP contribution in [-0.4, -0.2) is 9.78 Å². The molecule has 2 nitrogen and oxygen atoms in total. The molecule has 90 valence electrons. The van der Waals surface area contributed by atoms with E-state index in [1.54, 1.807) is 0 Å². The van der Waals surface area contributed by atoms with Crippen molar-refractivity contribution in [2.75, 3.05) is 0 Å². The Hall–Kier alpha value is -1.85. The van der Waals surface area contributed by atoms with E-state index in [9.17, 15) is 17.6 Å². The predicted octanol–water partition coefficient (Wildman–Crippen LogP) is 3.30. The quantitative estimate of drug-likeness (QED) is 0.741. The Labute approximate surface area is 94.5 Å². The van der Waals surface area contributed by atoms with E-state index < -0.39 is 23.6 Å². The second-order valence-electron chi connectivity index (χ2n) is 3.53. The highest BCUT2D eigenvalue weighted by atomic mass is 19.3. The third-order valence-corrected chi connectivity index (χ3v) is 2.28. The molecule has 0 atom stereocenters. The fraction of sp³-hybridized carbons (Fsp3) is 0.182. The summed E-state index contributed by atoms with van der Waals surface area (Å²) in [6.07, 6.45) is -1.70. The summed E-state index contributed by atoms with van der Waals surface area (Å²) in [5, 5.41) is 3.73. The van der Waals surface area contributed by atoms with E-state index in [4.69, 9.17) is 0 Å². The van der Waals surface area contributed by atoms with Crippen LogP contribution in [0.2, 0.25) is 0 Å². The summed E-state index contributed by atoms with van der Waals surface area (Å²) in [5.41, 5.74) is -0.919. The first-order chi connectivity index (χ1) is 7.99. The molecule has 0 amide bonds. The molecule has 2 rings (SSSR count). The van der Waals surface area contributed by atoms with Crippen molar-refractivity contribution in [1.82, 2.24) is 9.78 Å². The maximum Gasteiger partial charge on any atom is 0.267 e. The number of aromatic nitrogens is 2. The molecule has 6 heteroatoms. The number of nitrogens with zero attached hydrogens (tertiary/aromatic N) is 2. The Morgan fingerprint density at radius 1 is 1.24 bits per heavy atom. The summed E-state index contributed by atoms with van der Waals surface area (Å²) in [6, 6.07) is 2.65. The number of rotatable bonds is 2. The maximum atomic E-state index is 13.4. The first-order valence-corrected chi connectivity index (χ1v) is 4.76. The lowest BCUT2D eigenvalue weighted by molar-refractivity contribution is 0.152. The number of halogens is 4. The van der Waals surface area contributed by atoms with Crippen molar-refractivity contribution in [3.8, 4) is 11.3 Å². The summed E-state index contributed by atoms with van der Waals surface area (Å²) in [7, 11) is 1.44. The highest BCUT2D eigenvalue weighted by molar-refractivity contribution is 5.63. The van der Waals surface area contributed by atoms with Crippen LogP contribution in [0.1, 0.15) is 12.0 Å². The number of alkyl halides is 2. The van der Waals surface area contributed by atoms with Gasteiger partial charge in [0.1, 0.15) is 17.3 Å². The largest absolute Gasteiger partial charge is 0.275 e. The number of hydrogen-bond acceptors (Lipinski definition) is 1. The van der Waals surface area contributed by atoms with Crippen LogP contribution in [0.15, 0.2) is 24.4 Å². The lowest BCUT2D eigenvalue weighted by Gasteiger charge is -2.03. The van der Waals surface area contributed by atoms with Gasteiger partial charge in [-0.2, -0.15) is 5.10 Å². The number of hydrogen-bond donors (Lipinski definition) is 0. The average Bonchev–Trinajstić information content (AvgIpc) is 2.64. The van der Waals surface area contributed by atoms with Crippen LogP contribution >= 0.6 is 0 Å². The van der Waals surface area contributed by atoms with E-state index >= 15 is 0 Å². The lowest BCUT2D eigenvalue weighted by Crippen LogP contribution is -1.92. The van der Waals surface area contributed by atoms with Gasteiger partial charge in [-0.1, -0.05) is 0 Å². The monoisotopic (exact) mass is 244 g/mol. The van der Waals surface area contributed by atoms with Gasteiger partial charge in [-0.3, -0.25) is 4.68 Å². The van der Waals surface area contributed by atoms with Crippen molar-refractivity contribution in [3.63, 3.8) is 0 Å². The van der Waals surface area contributed by atoms with Gasteiger partial charge in [-0.15, -0.1) is 0 Å². The smallest absolute Gasteiger partial charge is 0.267 e. The first kappa shape index (κ1) is 11.6. The van der Waals surface area contributed by atoms with Crippen LogP contribution in [0.4, 0.5) is 17.6 Å². The van der Waals surface area contributed by atoms with Crippen molar-refractivity contribution in [2.45, 2.75) is 6.43 Å². The molecule has 17 heavy (non-hydrogen) atoms. The van der Waals surface area contributed by atoms with Crippen LogP contribution in [0.5, 0.6) is 0 Å². The van der Waals surface area contributed by atoms with E-state index in [2.05, 4.69) is 5.10 Å². The van der Waals surface area contributed by atoms with Gasteiger partial charge in [-0.25, -0.2) is 17.6 Å². The Morgan fingerprint density at radius 2 is 1.94 bits per heavy atom. The van der Waals surface area contributed by atoms with Gasteiger partial charge in [0.15, 0.2) is 0 Å². The maximum absolute atomic E-state index is 13.4. The van der Waals surface area contributed by atoms with E-state index in [0.29, 0.717) is 0 Å². The molecule has 1 aromatic heterocycles. The van der Waals surface area contributed by atoms with Gasteiger partial charge in [0.25, 0.3) is 6.43 Å². The number of benzene rings is 1. The molecule has 0 saturated heterocycles. The molecule has 0 aliphatic rings. The normalized spacial score (nSPS) is 11.2. The fourth-order valence-corrected chi connectivity index (χ4v) is 1.55. The molecule has 2 aromatic rings. The molecule has 1 heterocycles. The molecule has 0 fully saturated rings. The summed E-state index contributed by atoms with van der Waals surface area (Å²) < 4.78 is 52.9. The molecule has 0 unspecified atom stereocenters. The minimum Gasteiger partial charge on any atom is -0.275 e. The zero-order valence-electron chi connectivity index (χ0n) is 8.79. The summed E-state index contributed by atoms with van der Waals surface area (Å²) in [5.74, 6) is -1.49. The van der Waals surface area contributed by atoms with Gasteiger partial charge in [0, 0.05) is 18.8 Å². The van der Waals surface area contributed by atoms with Crippen molar-refractivity contribution in [2.24, 2.45) is 7.05 Å². The Morgan fingerprint density at radius 3 is 2.59 bits per heavy atom. The Bertz CT molecular complexity index is 548. The van der Waals surface area contributed by atoms with E-state index in [1.807, 2.05) is 0 Å². The molecule has 0 N–H and O–H groups in total. The zero-order chi connectivity index (χ0) is 12.6. The topological polar surface area (TPSA) is 17.8 Å². The highest BCUT2D eigenvalue weighted by Gasteiger charge is 2.20. The van der Waals surface area contributed by atoms with Crippen molar-refractivity contribution in [3.05, 3.63) is 41.6 Å². The second kappa shape index (κ2) is 4.20. The standard InChI is InChI=1S/C11H8F4N2/c1-17-5-8(11(14)15)10(16-17)7-4-6(12)2-3-9(7)13/h2-5,11H,1H3. The molecular formula is C11H8F4N2. The molecular weight excluding hydrogens is 236 g/mol. The minimum absolute atomic E-state index is 0.237. The zero-order valence-corrected chi connectivity index (χ0v) is 8.79. The molecule has 0 bridgehead atoms. The van der Waals surface area contributed by atoms with Crippen LogP contribution in [0, 0.1) is 11.6 Å². The van der Waals surface area contributed by atoms with Crippen LogP contribution in [0.3, 0.4) is 0 Å². The number of aryl methyl sites for hydroxylation is 1. The minimum atomic E-state index is -2.79. The Kier molecular flexibility index (Phi) is 2.87. The highest BCUT2D eigenvalue weighted by Crippen LogP contribution is 2.31. The summed E-state index contributed by atoms with van der Waals surface area (Å²) >= 11 is 0. The molecule has 0 aliphatic heterocycles. The van der Waals surface area contributed by atoms with Gasteiger partial charge >= 0.3 is 0 Å². The molecule has 0 saturated carbocycles. The molecule has 0 radical (unpaired) electrons. The van der Waals surface area contributed by atoms with Gasteiger partial charge < -0.3 is 0 Å². The molecule has 0 spiro atoms. The third kappa shape index (κ3) is 2.15. The predicted molar refractivity (Wildman–Crippen MR) is 53.5 cm³/mol. The van der Waals surface area contributed by atoms with E-state index in [0.717, 1.165) is 29.1 Å². The first-order valence-electron chi connectivity index (χ1n) is 4.76. The van der Waals surface area contributed by atoms with Gasteiger partial charge in [0.05, 0.1) is 5.56 Å². The SMILES string of the molecule is Cn1cc(C(F)F)c(-c2cc(F)ccc2F)n1. The van der Waals surface area contributed by atoms with E-state index in [1.165, 1.54) is 7.05 Å². The van der Waals surface area contributed by atoms with Crippen LogP contribution < -0.4 is 0 Å². The average molecular weight is 244 g/mol. The summed E-state index contributed by atoms with van der Waals surface area (Å²) in [6.45, 7) is 0. The van der Waals surface area contributed by atoms with Crippen LogP contribution in [-0.2, 0) is 7.05 Å². The third-order valence-electron chi connectivity index (χ3n) is 2.28. The fourth-order valence-electron chi connectivity index (χ4n) is 1.55. The van der Waals surface area contributed by atoms with Crippen molar-refractivity contribution in [1.29, 1.82) is 0 Å². The summed E-state index contributed by atoms with van der Waals surface area (Å²) in [4.78, 5) is 0. The Balaban J connectivity index is 2.63. The second-order valence-corrected chi connectivity index (χ2v) is 3.53. The van der Waals surface area contributed by atoms with Crippen molar-refractivity contribution < 1.29 is 17.6 Å². The van der Waals surface area contributed by atoms with Gasteiger partial charge in [0.2, 0.25) is 0 Å². The molecule has 1 aromatic carbocycles. The van der Waals surface area contributed by atoms with E-state index in [-0.39, 0.29) is 11.3 Å². The van der Waals surface area contributed by atoms with Crippen LogP contribution in [0.25, 0.3) is 11.3 Å². The lowest BCUT2D eigenvalue weighted by atomic mass is 10.1. The van der Waals surface area contributed by atoms with Crippen molar-refractivity contribution >= 4 is 0 Å².